The number of hydrogen-bond donors (Lipinski definition) is 6. The van der Waals surface area contributed by atoms with E-state index < -0.39 is 29.7 Å². The van der Waals surface area contributed by atoms with Gasteiger partial charge in [0.2, 0.25) is 11.8 Å². The maximum absolute atomic E-state index is 13.9. The smallest absolute Gasteiger partial charge is 0.317 e. The molecule has 1 aliphatic rings. The van der Waals surface area contributed by atoms with Crippen LogP contribution in [-0.2, 0) is 33.6 Å². The summed E-state index contributed by atoms with van der Waals surface area (Å²) in [6, 6.07) is 0. The lowest BCUT2D eigenvalue weighted by atomic mass is 10.0. The van der Waals surface area contributed by atoms with Gasteiger partial charge in [-0.1, -0.05) is 24.6 Å². The number of rotatable bonds is 26. The normalized spacial score (nSPS) is 16.1. The monoisotopic (exact) mass is 816 g/mol. The summed E-state index contributed by atoms with van der Waals surface area (Å²) in [6.45, 7) is 2.19. The van der Waals surface area contributed by atoms with Gasteiger partial charge in [-0.2, -0.15) is 0 Å². The molecule has 7 N–H and O–H groups in total. The van der Waals surface area contributed by atoms with E-state index in [1.165, 1.54) is 6.21 Å². The fraction of sp³-hybridized carbons (Fsp3) is 0.778. The number of carboxylic acids is 3. The Labute approximate surface area is 334 Å². The molecule has 0 aliphatic carbocycles. The molecule has 20 heteroatoms. The number of carbonyl (C=O) groups is 7. The van der Waals surface area contributed by atoms with Gasteiger partial charge < -0.3 is 36.4 Å². The molecule has 0 aromatic rings. The molecule has 320 valence electrons. The zero-order chi connectivity index (χ0) is 41.7. The lowest BCUT2D eigenvalue weighted by Crippen LogP contribution is -2.49. The topological polar surface area (TPSA) is 267 Å². The average Bonchev–Trinajstić information content (AvgIpc) is 3.14. The van der Waals surface area contributed by atoms with Crippen LogP contribution in [0.4, 0.5) is 0 Å². The van der Waals surface area contributed by atoms with Crippen molar-refractivity contribution in [1.82, 2.24) is 29.8 Å². The van der Waals surface area contributed by atoms with E-state index in [1.54, 1.807) is 30.8 Å². The molecule has 1 saturated heterocycles. The Bertz CT molecular complexity index is 1230. The van der Waals surface area contributed by atoms with Crippen molar-refractivity contribution >= 4 is 58.7 Å². The fourth-order valence-electron chi connectivity index (χ4n) is 6.01. The fourth-order valence-corrected chi connectivity index (χ4v) is 6.36. The second-order valence-electron chi connectivity index (χ2n) is 13.7. The molecule has 0 bridgehead atoms. The summed E-state index contributed by atoms with van der Waals surface area (Å²) < 4.78 is 0. The second kappa shape index (κ2) is 30.6. The summed E-state index contributed by atoms with van der Waals surface area (Å²) in [6.07, 6.45) is 7.37. The number of unbranched alkanes of at least 4 members (excludes halogenated alkanes) is 3. The summed E-state index contributed by atoms with van der Waals surface area (Å²) in [7, 11) is 0. The van der Waals surface area contributed by atoms with E-state index >= 15 is 0 Å². The molecule has 1 aliphatic heterocycles. The molecular formula is C36H64N8O11S. The number of nitrogens with zero attached hydrogens (tertiary/aromatic N) is 6. The Morgan fingerprint density at radius 1 is 0.714 bits per heavy atom. The molecule has 56 heavy (non-hydrogen) atoms. The number of aliphatic hydroxyl groups excluding tert-OH is 1. The molecule has 1 rings (SSSR count). The standard InChI is InChI=1S/C36H64N8O11S/c1-56-35(54)8-6-13-44(14-7-11-37)36(55)29(9-10-30(46)38-12-4-2-3-5-23-45)24-39-31(47)25-40-15-17-41(26-32(48)49)19-21-43(28-34(52)53)22-20-42(18-16-40)27-33(50)51/h24,29,45H,2-23,25-28,37H2,1H3,(H,38,46)(H,48,49)(H,50,51)(H,52,53)/b39-24+. The first-order chi connectivity index (χ1) is 26.8. The van der Waals surface area contributed by atoms with Crippen molar-refractivity contribution in [2.75, 3.05) is 118 Å². The van der Waals surface area contributed by atoms with Crippen LogP contribution in [0.2, 0.25) is 0 Å². The third-order valence-corrected chi connectivity index (χ3v) is 9.81. The summed E-state index contributed by atoms with van der Waals surface area (Å²) in [5, 5.41) is 40.2. The molecule has 1 fully saturated rings. The van der Waals surface area contributed by atoms with Crippen LogP contribution >= 0.6 is 11.8 Å². The first kappa shape index (κ1) is 50.5. The number of aliphatic imine (C=N–C) groups is 1. The number of nitrogens with two attached hydrogens (primary N) is 1. The lowest BCUT2D eigenvalue weighted by molar-refractivity contribution is -0.140. The Morgan fingerprint density at radius 2 is 1.20 bits per heavy atom. The largest absolute Gasteiger partial charge is 0.480 e. The van der Waals surface area contributed by atoms with Crippen LogP contribution in [0.3, 0.4) is 0 Å². The van der Waals surface area contributed by atoms with Crippen LogP contribution in [0.25, 0.3) is 0 Å². The zero-order valence-electron chi connectivity index (χ0n) is 32.9. The minimum Gasteiger partial charge on any atom is -0.480 e. The molecule has 0 radical (unpaired) electrons. The Balaban J connectivity index is 3.21. The molecule has 0 spiro atoms. The van der Waals surface area contributed by atoms with Gasteiger partial charge in [0, 0.05) is 97.7 Å². The predicted molar refractivity (Wildman–Crippen MR) is 211 cm³/mol. The van der Waals surface area contributed by atoms with Gasteiger partial charge >= 0.3 is 17.9 Å². The lowest BCUT2D eigenvalue weighted by Gasteiger charge is -2.32. The van der Waals surface area contributed by atoms with Gasteiger partial charge in [0.1, 0.15) is 0 Å². The molecule has 19 nitrogen and oxygen atoms in total. The Kier molecular flexibility index (Phi) is 27.6. The van der Waals surface area contributed by atoms with Crippen molar-refractivity contribution in [3.05, 3.63) is 0 Å². The highest BCUT2D eigenvalue weighted by Crippen LogP contribution is 2.13. The van der Waals surface area contributed by atoms with Crippen LogP contribution in [0.5, 0.6) is 0 Å². The van der Waals surface area contributed by atoms with E-state index in [0.717, 1.165) is 31.0 Å². The third kappa shape index (κ3) is 24.9. The average molecular weight is 817 g/mol. The Hall–Kier alpha value is -3.53. The first-order valence-electron chi connectivity index (χ1n) is 19.3. The van der Waals surface area contributed by atoms with Crippen molar-refractivity contribution in [1.29, 1.82) is 0 Å². The molecular weight excluding hydrogens is 753 g/mol. The van der Waals surface area contributed by atoms with E-state index in [0.29, 0.717) is 38.9 Å². The molecule has 1 atom stereocenters. The molecule has 1 heterocycles. The second-order valence-corrected chi connectivity index (χ2v) is 14.6. The summed E-state index contributed by atoms with van der Waals surface area (Å²) in [4.78, 5) is 99.1. The van der Waals surface area contributed by atoms with Gasteiger partial charge in [0.05, 0.1) is 32.1 Å². The highest BCUT2D eigenvalue weighted by molar-refractivity contribution is 8.13. The van der Waals surface area contributed by atoms with Crippen LogP contribution in [0.1, 0.15) is 57.8 Å². The summed E-state index contributed by atoms with van der Waals surface area (Å²) >= 11 is 1.11. The quantitative estimate of drug-likeness (QED) is 0.0450. The Morgan fingerprint density at radius 3 is 1.66 bits per heavy atom. The number of thioether (sulfide) groups is 1. The number of amides is 3. The SMILES string of the molecule is CSC(=O)CCCN(CCCN)C(=O)C(/C=N/C(=O)CN1CCN(CC(=O)O)CCN(CC(=O)O)CCN(CC(=O)O)CC1)CCC(=O)NCCCCCCO. The summed E-state index contributed by atoms with van der Waals surface area (Å²) in [5.41, 5.74) is 5.74. The number of hydrogen-bond acceptors (Lipinski definition) is 14. The van der Waals surface area contributed by atoms with Crippen molar-refractivity contribution in [3.8, 4) is 0 Å². The van der Waals surface area contributed by atoms with E-state index in [4.69, 9.17) is 10.8 Å². The minimum atomic E-state index is -1.07. The molecule has 0 saturated carbocycles. The van der Waals surface area contributed by atoms with Crippen molar-refractivity contribution in [3.63, 3.8) is 0 Å². The number of carbonyl (C=O) groups excluding carboxylic acids is 4. The molecule has 3 amide bonds. The van der Waals surface area contributed by atoms with Gasteiger partial charge in [0.15, 0.2) is 5.12 Å². The molecule has 0 aromatic heterocycles. The highest BCUT2D eigenvalue weighted by atomic mass is 32.2. The maximum Gasteiger partial charge on any atom is 0.317 e. The van der Waals surface area contributed by atoms with Crippen molar-refractivity contribution in [2.24, 2.45) is 16.6 Å². The van der Waals surface area contributed by atoms with E-state index in [1.807, 2.05) is 0 Å². The van der Waals surface area contributed by atoms with Gasteiger partial charge in [-0.3, -0.25) is 53.2 Å². The van der Waals surface area contributed by atoms with Gasteiger partial charge in [0.25, 0.3) is 5.91 Å². The van der Waals surface area contributed by atoms with E-state index in [2.05, 4.69) is 10.3 Å². The van der Waals surface area contributed by atoms with E-state index in [-0.39, 0.29) is 128 Å². The zero-order valence-corrected chi connectivity index (χ0v) is 33.7. The van der Waals surface area contributed by atoms with Gasteiger partial charge in [-0.05, 0) is 44.9 Å². The predicted octanol–water partition coefficient (Wildman–Crippen LogP) is -1.03. The van der Waals surface area contributed by atoms with Gasteiger partial charge in [-0.25, -0.2) is 4.99 Å². The maximum atomic E-state index is 13.9. The number of nitrogens with one attached hydrogen (secondary N) is 1. The van der Waals surface area contributed by atoms with E-state index in [9.17, 15) is 48.9 Å². The number of aliphatic hydroxyl groups is 1. The van der Waals surface area contributed by atoms with Crippen LogP contribution < -0.4 is 11.1 Å². The summed E-state index contributed by atoms with van der Waals surface area (Å²) in [5.74, 6) is -5.33. The van der Waals surface area contributed by atoms with Crippen LogP contribution in [0.15, 0.2) is 4.99 Å². The van der Waals surface area contributed by atoms with Crippen LogP contribution in [-0.4, -0.2) is 209 Å². The highest BCUT2D eigenvalue weighted by Gasteiger charge is 2.25. The number of carboxylic acid groups (broad SMARTS) is 3. The third-order valence-electron chi connectivity index (χ3n) is 9.15. The molecule has 1 unspecified atom stereocenters. The minimum absolute atomic E-state index is 0.00219. The van der Waals surface area contributed by atoms with Crippen LogP contribution in [0, 0.1) is 5.92 Å². The molecule has 0 aromatic carbocycles. The number of aliphatic carboxylic acids is 3. The van der Waals surface area contributed by atoms with Crippen molar-refractivity contribution in [2.45, 2.75) is 57.8 Å². The van der Waals surface area contributed by atoms with Gasteiger partial charge in [-0.15, -0.1) is 0 Å². The first-order valence-corrected chi connectivity index (χ1v) is 20.5. The van der Waals surface area contributed by atoms with Crippen molar-refractivity contribution < 1.29 is 54.0 Å².